The van der Waals surface area contributed by atoms with Gasteiger partial charge in [0.05, 0.1) is 12.1 Å². The monoisotopic (exact) mass is 374 g/mol. The summed E-state index contributed by atoms with van der Waals surface area (Å²) in [5.74, 6) is 0.197. The van der Waals surface area contributed by atoms with E-state index in [2.05, 4.69) is 27.4 Å². The number of amides is 2. The molecule has 1 fully saturated rings. The molecule has 0 saturated carbocycles. The van der Waals surface area contributed by atoms with Crippen LogP contribution in [0.3, 0.4) is 0 Å². The zero-order chi connectivity index (χ0) is 19.2. The number of fused-ring (bicyclic) bond motifs is 1. The van der Waals surface area contributed by atoms with Crippen molar-refractivity contribution in [1.29, 1.82) is 0 Å². The summed E-state index contributed by atoms with van der Waals surface area (Å²) in [7, 11) is 0. The summed E-state index contributed by atoms with van der Waals surface area (Å²) in [5.41, 5.74) is 1.71. The number of hydrogen-bond acceptors (Lipinski definition) is 5. The zero-order valence-electron chi connectivity index (χ0n) is 16.3. The van der Waals surface area contributed by atoms with Crippen molar-refractivity contribution < 1.29 is 14.3 Å². The molecular formula is C20H30N4O3. The number of ether oxygens (including phenoxy) is 1. The maximum absolute atomic E-state index is 12.2. The lowest BCUT2D eigenvalue weighted by atomic mass is 10.1. The van der Waals surface area contributed by atoms with Crippen molar-refractivity contribution in [3.63, 3.8) is 0 Å². The minimum Gasteiger partial charge on any atom is -0.478 e. The van der Waals surface area contributed by atoms with Crippen molar-refractivity contribution in [2.24, 2.45) is 0 Å². The molecule has 2 N–H and O–H groups in total. The number of nitrogens with one attached hydrogen (secondary N) is 2. The van der Waals surface area contributed by atoms with E-state index < -0.39 is 6.10 Å². The molecule has 0 radical (unpaired) electrons. The number of likely N-dealkylation sites (N-methyl/N-ethyl adjacent to an activating group) is 1. The van der Waals surface area contributed by atoms with Crippen molar-refractivity contribution >= 4 is 17.5 Å². The van der Waals surface area contributed by atoms with Gasteiger partial charge in [-0.15, -0.1) is 0 Å². The third-order valence-corrected chi connectivity index (χ3v) is 5.21. The third-order valence-electron chi connectivity index (χ3n) is 5.21. The van der Waals surface area contributed by atoms with Crippen LogP contribution in [0.25, 0.3) is 0 Å². The van der Waals surface area contributed by atoms with Crippen LogP contribution in [0.1, 0.15) is 25.3 Å². The van der Waals surface area contributed by atoms with Crippen LogP contribution in [0, 0.1) is 6.92 Å². The number of carbonyl (C=O) groups is 2. The molecule has 1 atom stereocenters. The molecular weight excluding hydrogens is 344 g/mol. The first-order chi connectivity index (χ1) is 13.0. The van der Waals surface area contributed by atoms with Crippen LogP contribution in [0.5, 0.6) is 5.75 Å². The molecule has 2 heterocycles. The number of aryl methyl sites for hydroxylation is 1. The van der Waals surface area contributed by atoms with Gasteiger partial charge in [-0.1, -0.05) is 13.0 Å². The van der Waals surface area contributed by atoms with Gasteiger partial charge in [0.15, 0.2) is 6.10 Å². The quantitative estimate of drug-likeness (QED) is 0.702. The molecule has 0 aliphatic carbocycles. The van der Waals surface area contributed by atoms with Gasteiger partial charge >= 0.3 is 0 Å². The molecule has 0 unspecified atom stereocenters. The fraction of sp³-hybridized carbons (Fsp3) is 0.600. The van der Waals surface area contributed by atoms with Crippen LogP contribution >= 0.6 is 0 Å². The Hall–Kier alpha value is -2.12. The molecule has 1 saturated heterocycles. The van der Waals surface area contributed by atoms with E-state index in [1.54, 1.807) is 0 Å². The second-order valence-electron chi connectivity index (χ2n) is 7.28. The molecule has 2 aliphatic heterocycles. The summed E-state index contributed by atoms with van der Waals surface area (Å²) in [5, 5.41) is 5.73. The predicted octanol–water partition coefficient (Wildman–Crippen LogP) is 1.23. The molecule has 148 valence electrons. The molecule has 0 spiro atoms. The topological polar surface area (TPSA) is 73.9 Å². The van der Waals surface area contributed by atoms with E-state index in [0.29, 0.717) is 18.0 Å². The summed E-state index contributed by atoms with van der Waals surface area (Å²) in [4.78, 5) is 29.2. The molecule has 1 aromatic rings. The Labute approximate surface area is 161 Å². The Kier molecular flexibility index (Phi) is 6.68. The number of hydrogen-bond donors (Lipinski definition) is 2. The van der Waals surface area contributed by atoms with Crippen LogP contribution in [-0.4, -0.2) is 73.5 Å². The highest BCUT2D eigenvalue weighted by Crippen LogP contribution is 2.30. The first-order valence-electron chi connectivity index (χ1n) is 9.84. The average molecular weight is 374 g/mol. The van der Waals surface area contributed by atoms with Crippen LogP contribution in [-0.2, 0) is 9.59 Å². The number of anilines is 1. The van der Waals surface area contributed by atoms with E-state index in [4.69, 9.17) is 4.74 Å². The van der Waals surface area contributed by atoms with Gasteiger partial charge in [0.25, 0.3) is 5.91 Å². The van der Waals surface area contributed by atoms with E-state index in [1.807, 2.05) is 25.1 Å². The molecule has 2 aliphatic rings. The van der Waals surface area contributed by atoms with Crippen molar-refractivity contribution in [3.8, 4) is 5.75 Å². The Morgan fingerprint density at radius 1 is 1.26 bits per heavy atom. The average Bonchev–Trinajstić information content (AvgIpc) is 2.66. The van der Waals surface area contributed by atoms with Gasteiger partial charge < -0.3 is 25.2 Å². The lowest BCUT2D eigenvalue weighted by Crippen LogP contribution is -2.46. The van der Waals surface area contributed by atoms with Crippen LogP contribution in [0.2, 0.25) is 0 Å². The van der Waals surface area contributed by atoms with Gasteiger partial charge in [0.1, 0.15) is 5.75 Å². The smallest absolute Gasteiger partial charge is 0.266 e. The lowest BCUT2D eigenvalue weighted by molar-refractivity contribution is -0.130. The van der Waals surface area contributed by atoms with Gasteiger partial charge in [-0.2, -0.15) is 0 Å². The second kappa shape index (κ2) is 9.19. The van der Waals surface area contributed by atoms with E-state index >= 15 is 0 Å². The Morgan fingerprint density at radius 3 is 2.74 bits per heavy atom. The molecule has 2 amide bonds. The lowest BCUT2D eigenvalue weighted by Gasteiger charge is -2.34. The van der Waals surface area contributed by atoms with Crippen LogP contribution in [0.4, 0.5) is 5.69 Å². The fourth-order valence-electron chi connectivity index (χ4n) is 3.50. The summed E-state index contributed by atoms with van der Waals surface area (Å²) in [6, 6.07) is 5.62. The number of benzene rings is 1. The summed E-state index contributed by atoms with van der Waals surface area (Å²) in [6.45, 7) is 11.3. The Bertz CT molecular complexity index is 671. The SMILES string of the molecule is CCN1CCN(CCCNC(=O)C[C@@H]2Oc3ccc(C)cc3NC2=O)CC1. The van der Waals surface area contributed by atoms with E-state index in [9.17, 15) is 9.59 Å². The number of carbonyl (C=O) groups excluding carboxylic acids is 2. The van der Waals surface area contributed by atoms with Crippen molar-refractivity contribution in [2.75, 3.05) is 51.1 Å². The Balaban J connectivity index is 1.36. The van der Waals surface area contributed by atoms with Gasteiger partial charge in [-0.25, -0.2) is 0 Å². The number of nitrogens with zero attached hydrogens (tertiary/aromatic N) is 2. The van der Waals surface area contributed by atoms with E-state index in [1.165, 1.54) is 0 Å². The predicted molar refractivity (Wildman–Crippen MR) is 105 cm³/mol. The summed E-state index contributed by atoms with van der Waals surface area (Å²) in [6.07, 6.45) is 0.175. The summed E-state index contributed by atoms with van der Waals surface area (Å²) < 4.78 is 5.71. The second-order valence-corrected chi connectivity index (χ2v) is 7.28. The van der Waals surface area contributed by atoms with E-state index in [0.717, 1.165) is 51.3 Å². The standard InChI is InChI=1S/C20H30N4O3/c1-3-23-9-11-24(12-10-23)8-4-7-21-19(25)14-18-20(26)22-16-13-15(2)5-6-17(16)27-18/h5-6,13,18H,3-4,7-12,14H2,1-2H3,(H,21,25)(H,22,26)/t18-/m0/s1. The highest BCUT2D eigenvalue weighted by atomic mass is 16.5. The van der Waals surface area contributed by atoms with Crippen molar-refractivity contribution in [2.45, 2.75) is 32.8 Å². The molecule has 1 aromatic carbocycles. The van der Waals surface area contributed by atoms with Crippen LogP contribution in [0.15, 0.2) is 18.2 Å². The highest BCUT2D eigenvalue weighted by molar-refractivity contribution is 6.00. The van der Waals surface area contributed by atoms with Crippen LogP contribution < -0.4 is 15.4 Å². The van der Waals surface area contributed by atoms with Crippen molar-refractivity contribution in [3.05, 3.63) is 23.8 Å². The summed E-state index contributed by atoms with van der Waals surface area (Å²) >= 11 is 0. The first-order valence-corrected chi connectivity index (χ1v) is 9.84. The first kappa shape index (κ1) is 19.6. The molecule has 27 heavy (non-hydrogen) atoms. The maximum atomic E-state index is 12.2. The van der Waals surface area contributed by atoms with Gasteiger partial charge in [-0.05, 0) is 44.1 Å². The van der Waals surface area contributed by atoms with Gasteiger partial charge in [-0.3, -0.25) is 9.59 Å². The van der Waals surface area contributed by atoms with E-state index in [-0.39, 0.29) is 18.2 Å². The fourth-order valence-corrected chi connectivity index (χ4v) is 3.50. The minimum atomic E-state index is -0.776. The largest absolute Gasteiger partial charge is 0.478 e. The normalized spacial score (nSPS) is 20.5. The number of rotatable bonds is 7. The third kappa shape index (κ3) is 5.43. The molecule has 0 bridgehead atoms. The number of piperazine rings is 1. The molecule has 7 nitrogen and oxygen atoms in total. The molecule has 0 aromatic heterocycles. The van der Waals surface area contributed by atoms with Gasteiger partial charge in [0, 0.05) is 32.7 Å². The van der Waals surface area contributed by atoms with Crippen molar-refractivity contribution in [1.82, 2.24) is 15.1 Å². The zero-order valence-corrected chi connectivity index (χ0v) is 16.3. The van der Waals surface area contributed by atoms with Gasteiger partial charge in [0.2, 0.25) is 5.91 Å². The highest BCUT2D eigenvalue weighted by Gasteiger charge is 2.29. The molecule has 7 heteroatoms. The minimum absolute atomic E-state index is 0.0360. The molecule has 3 rings (SSSR count). The maximum Gasteiger partial charge on any atom is 0.266 e. The Morgan fingerprint density at radius 2 is 2.00 bits per heavy atom.